The minimum Gasteiger partial charge on any atom is -0.448 e. The molecule has 3 nitrogen and oxygen atoms in total. The molecule has 0 aliphatic heterocycles. The second-order valence-electron chi connectivity index (χ2n) is 2.73. The van der Waals surface area contributed by atoms with E-state index >= 15 is 0 Å². The third kappa shape index (κ3) is 0.827. The molecule has 0 saturated heterocycles. The average Bonchev–Trinajstić information content (AvgIpc) is 2.33. The Morgan fingerprint density at radius 2 is 2.60 bits per heavy atom. The van der Waals surface area contributed by atoms with Gasteiger partial charge >= 0.3 is 0 Å². The highest BCUT2D eigenvalue weighted by Gasteiger charge is 2.18. The molecule has 1 unspecified atom stereocenters. The molecule has 1 atom stereocenters. The van der Waals surface area contributed by atoms with E-state index in [1.165, 1.54) is 6.39 Å². The van der Waals surface area contributed by atoms with Gasteiger partial charge in [-0.15, -0.1) is 0 Å². The lowest BCUT2D eigenvalue weighted by molar-refractivity contribution is 0.449. The summed E-state index contributed by atoms with van der Waals surface area (Å²) in [5.41, 5.74) is 6.82. The summed E-state index contributed by atoms with van der Waals surface area (Å²) >= 11 is 0. The van der Waals surface area contributed by atoms with Crippen LogP contribution in [0.3, 0.4) is 0 Å². The van der Waals surface area contributed by atoms with Crippen LogP contribution < -0.4 is 5.73 Å². The maximum Gasteiger partial charge on any atom is 0.181 e. The molecule has 1 aromatic rings. The van der Waals surface area contributed by atoms with Crippen molar-refractivity contribution in [3.63, 3.8) is 0 Å². The fourth-order valence-corrected chi connectivity index (χ4v) is 1.33. The van der Waals surface area contributed by atoms with Gasteiger partial charge in [-0.2, -0.15) is 0 Å². The zero-order chi connectivity index (χ0) is 6.97. The molecule has 0 spiro atoms. The molecule has 2 N–H and O–H groups in total. The Morgan fingerprint density at radius 3 is 3.50 bits per heavy atom. The predicted octanol–water partition coefficient (Wildman–Crippen LogP) is 0.491. The maximum atomic E-state index is 5.72. The number of aromatic nitrogens is 1. The number of nitrogens with two attached hydrogens (primary N) is 1. The molecule has 0 radical (unpaired) electrons. The maximum absolute atomic E-state index is 5.72. The molecule has 0 saturated carbocycles. The van der Waals surface area contributed by atoms with E-state index in [0.29, 0.717) is 0 Å². The van der Waals surface area contributed by atoms with Gasteiger partial charge in [-0.05, 0) is 12.8 Å². The standard InChI is InChI=1S/C7H10N2O/c8-5-1-2-6-7(3-5)10-4-9-6/h4-5H,1-3,8H2. The minimum atomic E-state index is 0.278. The quantitative estimate of drug-likeness (QED) is 0.567. The van der Waals surface area contributed by atoms with E-state index in [-0.39, 0.29) is 6.04 Å². The first-order chi connectivity index (χ1) is 4.86. The molecule has 2 rings (SSSR count). The van der Waals surface area contributed by atoms with Gasteiger partial charge in [0.2, 0.25) is 0 Å². The molecule has 0 aromatic carbocycles. The highest BCUT2D eigenvalue weighted by atomic mass is 16.3. The molecule has 0 fully saturated rings. The molecule has 0 amide bonds. The highest BCUT2D eigenvalue weighted by Crippen LogP contribution is 2.18. The van der Waals surface area contributed by atoms with E-state index < -0.39 is 0 Å². The number of hydrogen-bond acceptors (Lipinski definition) is 3. The van der Waals surface area contributed by atoms with Gasteiger partial charge in [0.15, 0.2) is 6.39 Å². The van der Waals surface area contributed by atoms with Gasteiger partial charge in [-0.3, -0.25) is 0 Å². The van der Waals surface area contributed by atoms with E-state index in [0.717, 1.165) is 30.7 Å². The molecule has 0 bridgehead atoms. The van der Waals surface area contributed by atoms with Crippen molar-refractivity contribution in [1.82, 2.24) is 4.98 Å². The number of rotatable bonds is 0. The third-order valence-corrected chi connectivity index (χ3v) is 1.92. The second kappa shape index (κ2) is 2.09. The molecule has 54 valence electrons. The lowest BCUT2D eigenvalue weighted by atomic mass is 9.98. The van der Waals surface area contributed by atoms with Crippen molar-refractivity contribution < 1.29 is 4.42 Å². The van der Waals surface area contributed by atoms with Crippen LogP contribution in [0.5, 0.6) is 0 Å². The zero-order valence-electron chi connectivity index (χ0n) is 5.71. The Kier molecular flexibility index (Phi) is 1.24. The van der Waals surface area contributed by atoms with Crippen LogP contribution in [-0.4, -0.2) is 11.0 Å². The van der Waals surface area contributed by atoms with E-state index in [9.17, 15) is 0 Å². The summed E-state index contributed by atoms with van der Waals surface area (Å²) in [5, 5.41) is 0. The number of fused-ring (bicyclic) bond motifs is 1. The number of hydrogen-bond donors (Lipinski definition) is 1. The van der Waals surface area contributed by atoms with Gasteiger partial charge in [-0.1, -0.05) is 0 Å². The molecule has 1 aliphatic carbocycles. The number of aryl methyl sites for hydroxylation is 1. The zero-order valence-corrected chi connectivity index (χ0v) is 5.71. The van der Waals surface area contributed by atoms with Crippen molar-refractivity contribution in [2.75, 3.05) is 0 Å². The monoisotopic (exact) mass is 138 g/mol. The van der Waals surface area contributed by atoms with Crippen LogP contribution in [0.4, 0.5) is 0 Å². The summed E-state index contributed by atoms with van der Waals surface area (Å²) in [6, 6.07) is 0.278. The SMILES string of the molecule is NC1CCc2ncoc2C1. The summed E-state index contributed by atoms with van der Waals surface area (Å²) in [5.74, 6) is 0.985. The minimum absolute atomic E-state index is 0.278. The van der Waals surface area contributed by atoms with Crippen LogP contribution in [0, 0.1) is 0 Å². The molecular formula is C7H10N2O. The van der Waals surface area contributed by atoms with Crippen LogP contribution in [-0.2, 0) is 12.8 Å². The van der Waals surface area contributed by atoms with E-state index in [4.69, 9.17) is 10.2 Å². The summed E-state index contributed by atoms with van der Waals surface area (Å²) in [7, 11) is 0. The highest BCUT2D eigenvalue weighted by molar-refractivity contribution is 5.12. The van der Waals surface area contributed by atoms with E-state index in [2.05, 4.69) is 4.98 Å². The third-order valence-electron chi connectivity index (χ3n) is 1.92. The lowest BCUT2D eigenvalue weighted by Crippen LogP contribution is -2.27. The Balaban J connectivity index is 2.30. The van der Waals surface area contributed by atoms with Gasteiger partial charge in [0.1, 0.15) is 5.76 Å². The largest absolute Gasteiger partial charge is 0.448 e. The first-order valence-electron chi connectivity index (χ1n) is 3.53. The molecule has 1 aromatic heterocycles. The topological polar surface area (TPSA) is 52.0 Å². The molecule has 1 aliphatic rings. The Morgan fingerprint density at radius 1 is 1.70 bits per heavy atom. The van der Waals surface area contributed by atoms with Crippen molar-refractivity contribution >= 4 is 0 Å². The van der Waals surface area contributed by atoms with Crippen molar-refractivity contribution in [3.05, 3.63) is 17.8 Å². The number of nitrogens with zero attached hydrogens (tertiary/aromatic N) is 1. The lowest BCUT2D eigenvalue weighted by Gasteiger charge is -2.14. The van der Waals surface area contributed by atoms with Gasteiger partial charge in [-0.25, -0.2) is 4.98 Å². The van der Waals surface area contributed by atoms with Crippen LogP contribution >= 0.6 is 0 Å². The second-order valence-corrected chi connectivity index (χ2v) is 2.73. The van der Waals surface area contributed by atoms with Gasteiger partial charge in [0.05, 0.1) is 5.69 Å². The fraction of sp³-hybridized carbons (Fsp3) is 0.571. The van der Waals surface area contributed by atoms with Crippen molar-refractivity contribution in [2.45, 2.75) is 25.3 Å². The molecule has 1 heterocycles. The Hall–Kier alpha value is -0.830. The Labute approximate surface area is 59.2 Å². The summed E-state index contributed by atoms with van der Waals surface area (Å²) in [6.45, 7) is 0. The summed E-state index contributed by atoms with van der Waals surface area (Å²) in [6.07, 6.45) is 4.38. The van der Waals surface area contributed by atoms with Crippen LogP contribution in [0.2, 0.25) is 0 Å². The predicted molar refractivity (Wildman–Crippen MR) is 36.5 cm³/mol. The van der Waals surface area contributed by atoms with Crippen LogP contribution in [0.15, 0.2) is 10.8 Å². The van der Waals surface area contributed by atoms with Crippen LogP contribution in [0.25, 0.3) is 0 Å². The molecule has 10 heavy (non-hydrogen) atoms. The van der Waals surface area contributed by atoms with Crippen LogP contribution in [0.1, 0.15) is 17.9 Å². The Bertz CT molecular complexity index is 231. The number of oxazole rings is 1. The van der Waals surface area contributed by atoms with Crippen molar-refractivity contribution in [2.24, 2.45) is 5.73 Å². The fourth-order valence-electron chi connectivity index (χ4n) is 1.33. The smallest absolute Gasteiger partial charge is 0.181 e. The summed E-state index contributed by atoms with van der Waals surface area (Å²) in [4.78, 5) is 4.07. The van der Waals surface area contributed by atoms with Gasteiger partial charge in [0, 0.05) is 12.5 Å². The average molecular weight is 138 g/mol. The van der Waals surface area contributed by atoms with Gasteiger partial charge < -0.3 is 10.2 Å². The molecular weight excluding hydrogens is 128 g/mol. The first kappa shape index (κ1) is 5.92. The first-order valence-corrected chi connectivity index (χ1v) is 3.53. The van der Waals surface area contributed by atoms with Crippen molar-refractivity contribution in [1.29, 1.82) is 0 Å². The van der Waals surface area contributed by atoms with E-state index in [1.807, 2.05) is 0 Å². The van der Waals surface area contributed by atoms with Gasteiger partial charge in [0.25, 0.3) is 0 Å². The normalized spacial score (nSPS) is 24.3. The van der Waals surface area contributed by atoms with E-state index in [1.54, 1.807) is 0 Å². The molecule has 3 heteroatoms. The van der Waals surface area contributed by atoms with Crippen molar-refractivity contribution in [3.8, 4) is 0 Å². The summed E-state index contributed by atoms with van der Waals surface area (Å²) < 4.78 is 5.14.